The maximum absolute atomic E-state index is 12.2. The summed E-state index contributed by atoms with van der Waals surface area (Å²) in [5, 5.41) is 6.24. The third-order valence-corrected chi connectivity index (χ3v) is 5.51. The predicted molar refractivity (Wildman–Crippen MR) is 118 cm³/mol. The molecule has 0 radical (unpaired) electrons. The minimum atomic E-state index is -0.342. The number of nitrogens with one attached hydrogen (secondary N) is 2. The van der Waals surface area contributed by atoms with Crippen molar-refractivity contribution in [2.45, 2.75) is 38.5 Å². The molecule has 1 fully saturated rings. The number of benzene rings is 2. The lowest BCUT2D eigenvalue weighted by atomic mass is 9.87. The van der Waals surface area contributed by atoms with E-state index in [-0.39, 0.29) is 11.0 Å². The Kier molecular flexibility index (Phi) is 7.69. The van der Waals surface area contributed by atoms with Crippen LogP contribution in [0.3, 0.4) is 0 Å². The summed E-state index contributed by atoms with van der Waals surface area (Å²) >= 11 is 11.2. The number of rotatable bonds is 6. The average Bonchev–Trinajstić information content (AvgIpc) is 2.70. The number of amides is 1. The first kappa shape index (κ1) is 20.6. The molecule has 0 aliphatic heterocycles. The van der Waals surface area contributed by atoms with Crippen molar-refractivity contribution in [3.63, 3.8) is 0 Å². The van der Waals surface area contributed by atoms with E-state index in [2.05, 4.69) is 10.6 Å². The van der Waals surface area contributed by atoms with Crippen LogP contribution in [0.1, 0.15) is 48.9 Å². The molecule has 0 spiro atoms. The molecular weight excluding hydrogens is 392 g/mol. The van der Waals surface area contributed by atoms with Gasteiger partial charge in [-0.05, 0) is 61.0 Å². The van der Waals surface area contributed by atoms with Gasteiger partial charge in [0, 0.05) is 5.69 Å². The highest BCUT2D eigenvalue weighted by Crippen LogP contribution is 2.26. The summed E-state index contributed by atoms with van der Waals surface area (Å²) < 4.78 is 5.86. The zero-order chi connectivity index (χ0) is 19.8. The van der Waals surface area contributed by atoms with E-state index in [1.807, 2.05) is 24.3 Å². The third-order valence-electron chi connectivity index (χ3n) is 4.98. The number of hydrogen-bond donors (Lipinski definition) is 2. The van der Waals surface area contributed by atoms with Crippen molar-refractivity contribution < 1.29 is 9.53 Å². The monoisotopic (exact) mass is 416 g/mol. The minimum absolute atomic E-state index is 0.218. The Morgan fingerprint density at radius 1 is 1.07 bits per heavy atom. The van der Waals surface area contributed by atoms with Crippen molar-refractivity contribution in [2.75, 3.05) is 11.9 Å². The molecule has 6 heteroatoms. The molecule has 2 aromatic carbocycles. The van der Waals surface area contributed by atoms with Gasteiger partial charge in [0.2, 0.25) is 0 Å². The molecular formula is C22H25ClN2O2S. The summed E-state index contributed by atoms with van der Waals surface area (Å²) in [6, 6.07) is 14.4. The molecule has 4 nitrogen and oxygen atoms in total. The Morgan fingerprint density at radius 2 is 1.79 bits per heavy atom. The van der Waals surface area contributed by atoms with E-state index < -0.39 is 0 Å². The lowest BCUT2D eigenvalue weighted by molar-refractivity contribution is 0.0978. The van der Waals surface area contributed by atoms with Crippen molar-refractivity contribution in [1.82, 2.24) is 5.32 Å². The lowest BCUT2D eigenvalue weighted by Gasteiger charge is -2.21. The van der Waals surface area contributed by atoms with Gasteiger partial charge in [-0.1, -0.05) is 55.8 Å². The zero-order valence-electron chi connectivity index (χ0n) is 15.7. The fourth-order valence-corrected chi connectivity index (χ4v) is 3.86. The van der Waals surface area contributed by atoms with Gasteiger partial charge >= 0.3 is 0 Å². The number of ether oxygens (including phenoxy) is 1. The highest BCUT2D eigenvalue weighted by atomic mass is 35.5. The second kappa shape index (κ2) is 10.4. The topological polar surface area (TPSA) is 50.4 Å². The molecule has 0 heterocycles. The molecule has 0 aromatic heterocycles. The number of carbonyl (C=O) groups excluding carboxylic acids is 1. The molecule has 148 valence electrons. The van der Waals surface area contributed by atoms with Gasteiger partial charge in [0.25, 0.3) is 5.91 Å². The molecule has 0 atom stereocenters. The average molecular weight is 417 g/mol. The van der Waals surface area contributed by atoms with Crippen molar-refractivity contribution in [3.05, 3.63) is 59.1 Å². The van der Waals surface area contributed by atoms with Crippen molar-refractivity contribution in [3.8, 4) is 5.75 Å². The van der Waals surface area contributed by atoms with Crippen LogP contribution in [0.25, 0.3) is 0 Å². The number of carbonyl (C=O) groups is 1. The summed E-state index contributed by atoms with van der Waals surface area (Å²) in [7, 11) is 0. The van der Waals surface area contributed by atoms with E-state index in [1.54, 1.807) is 24.3 Å². The summed E-state index contributed by atoms with van der Waals surface area (Å²) in [6.45, 7) is 0.754. The first-order valence-corrected chi connectivity index (χ1v) is 10.5. The van der Waals surface area contributed by atoms with Crippen LogP contribution in [-0.2, 0) is 0 Å². The number of thiocarbonyl (C=S) groups is 1. The molecule has 0 bridgehead atoms. The Hall–Kier alpha value is -2.11. The summed E-state index contributed by atoms with van der Waals surface area (Å²) in [4.78, 5) is 12.2. The zero-order valence-corrected chi connectivity index (χ0v) is 17.3. The smallest absolute Gasteiger partial charge is 0.258 e. The van der Waals surface area contributed by atoms with Crippen LogP contribution in [0, 0.1) is 5.92 Å². The SMILES string of the molecule is O=C(NC(=S)Nc1ccc(OCCC2CCCCC2)cc1)c1ccccc1Cl. The van der Waals surface area contributed by atoms with Crippen LogP contribution in [0.15, 0.2) is 48.5 Å². The minimum Gasteiger partial charge on any atom is -0.494 e. The van der Waals surface area contributed by atoms with Gasteiger partial charge in [0.05, 0.1) is 17.2 Å². The van der Waals surface area contributed by atoms with Crippen LogP contribution in [0.4, 0.5) is 5.69 Å². The van der Waals surface area contributed by atoms with Gasteiger partial charge in [-0.2, -0.15) is 0 Å². The van der Waals surface area contributed by atoms with Crippen LogP contribution in [0.2, 0.25) is 5.02 Å². The van der Waals surface area contributed by atoms with E-state index in [1.165, 1.54) is 32.1 Å². The Labute approximate surface area is 176 Å². The molecule has 3 rings (SSSR count). The quantitative estimate of drug-likeness (QED) is 0.583. The Morgan fingerprint density at radius 3 is 2.50 bits per heavy atom. The van der Waals surface area contributed by atoms with Crippen LogP contribution in [0.5, 0.6) is 5.75 Å². The largest absolute Gasteiger partial charge is 0.494 e. The standard InChI is InChI=1S/C22H25ClN2O2S/c23-20-9-5-4-8-19(20)21(26)25-22(28)24-17-10-12-18(13-11-17)27-15-14-16-6-2-1-3-7-16/h4-5,8-13,16H,1-3,6-7,14-15H2,(H2,24,25,26,28). The molecule has 28 heavy (non-hydrogen) atoms. The van der Waals surface area contributed by atoms with Crippen molar-refractivity contribution in [2.24, 2.45) is 5.92 Å². The number of halogens is 1. The summed E-state index contributed by atoms with van der Waals surface area (Å²) in [5.41, 5.74) is 1.17. The normalized spacial score (nSPS) is 14.3. The molecule has 1 aliphatic carbocycles. The summed E-state index contributed by atoms with van der Waals surface area (Å²) in [5.74, 6) is 1.31. The van der Waals surface area contributed by atoms with Crippen LogP contribution >= 0.6 is 23.8 Å². The van der Waals surface area contributed by atoms with Gasteiger partial charge in [-0.15, -0.1) is 0 Å². The second-order valence-corrected chi connectivity index (χ2v) is 7.87. The number of hydrogen-bond acceptors (Lipinski definition) is 3. The fourth-order valence-electron chi connectivity index (χ4n) is 3.43. The molecule has 0 unspecified atom stereocenters. The fraction of sp³-hybridized carbons (Fsp3) is 0.364. The van der Waals surface area contributed by atoms with Crippen LogP contribution < -0.4 is 15.4 Å². The molecule has 2 N–H and O–H groups in total. The Balaban J connectivity index is 1.43. The van der Waals surface area contributed by atoms with E-state index in [9.17, 15) is 4.79 Å². The van der Waals surface area contributed by atoms with E-state index in [0.29, 0.717) is 10.6 Å². The first-order valence-electron chi connectivity index (χ1n) is 9.71. The molecule has 0 saturated heterocycles. The third kappa shape index (κ3) is 6.21. The van der Waals surface area contributed by atoms with Crippen molar-refractivity contribution in [1.29, 1.82) is 0 Å². The predicted octanol–water partition coefficient (Wildman–Crippen LogP) is 5.82. The lowest BCUT2D eigenvalue weighted by Crippen LogP contribution is -2.34. The highest BCUT2D eigenvalue weighted by molar-refractivity contribution is 7.80. The Bertz CT molecular complexity index is 804. The maximum Gasteiger partial charge on any atom is 0.258 e. The van der Waals surface area contributed by atoms with Crippen molar-refractivity contribution >= 4 is 40.5 Å². The van der Waals surface area contributed by atoms with E-state index in [4.69, 9.17) is 28.6 Å². The molecule has 1 saturated carbocycles. The van der Waals surface area contributed by atoms with Gasteiger partial charge in [0.15, 0.2) is 5.11 Å². The molecule has 2 aromatic rings. The molecule has 1 aliphatic rings. The second-order valence-electron chi connectivity index (χ2n) is 7.05. The van der Waals surface area contributed by atoms with Gasteiger partial charge in [0.1, 0.15) is 5.75 Å². The number of anilines is 1. The van der Waals surface area contributed by atoms with Gasteiger partial charge < -0.3 is 10.1 Å². The first-order chi connectivity index (χ1) is 13.6. The maximum atomic E-state index is 12.2. The summed E-state index contributed by atoms with van der Waals surface area (Å²) in [6.07, 6.45) is 7.90. The van der Waals surface area contributed by atoms with Crippen LogP contribution in [-0.4, -0.2) is 17.6 Å². The van der Waals surface area contributed by atoms with E-state index in [0.717, 1.165) is 30.4 Å². The van der Waals surface area contributed by atoms with Gasteiger partial charge in [-0.3, -0.25) is 10.1 Å². The van der Waals surface area contributed by atoms with E-state index >= 15 is 0 Å². The highest BCUT2D eigenvalue weighted by Gasteiger charge is 2.13. The van der Waals surface area contributed by atoms with Gasteiger partial charge in [-0.25, -0.2) is 0 Å². The molecule has 1 amide bonds.